The molecule has 6 nitrogen and oxygen atoms in total. The predicted molar refractivity (Wildman–Crippen MR) is 74.5 cm³/mol. The third kappa shape index (κ3) is 2.90. The zero-order chi connectivity index (χ0) is 14.5. The minimum absolute atomic E-state index is 0.205. The normalized spacial score (nSPS) is 10.3. The van der Waals surface area contributed by atoms with Crippen LogP contribution in [0.3, 0.4) is 0 Å². The monoisotopic (exact) mass is 275 g/mol. The van der Waals surface area contributed by atoms with Crippen molar-refractivity contribution in [2.75, 3.05) is 12.8 Å². The molecule has 3 N–H and O–H groups in total. The summed E-state index contributed by atoms with van der Waals surface area (Å²) in [4.78, 5) is 16.2. The minimum Gasteiger partial charge on any atom is -0.496 e. The lowest BCUT2D eigenvalue weighted by Gasteiger charge is -2.10. The second-order valence-corrected chi connectivity index (χ2v) is 4.18. The zero-order valence-corrected chi connectivity index (χ0v) is 11.5. The topological polar surface area (TPSA) is 90.4 Å². The average molecular weight is 275 g/mol. The summed E-state index contributed by atoms with van der Waals surface area (Å²) in [6.45, 7) is 2.18. The van der Waals surface area contributed by atoms with E-state index >= 15 is 0 Å². The second-order valence-electron chi connectivity index (χ2n) is 4.18. The van der Waals surface area contributed by atoms with Gasteiger partial charge < -0.3 is 20.2 Å². The first kappa shape index (κ1) is 13.9. The van der Waals surface area contributed by atoms with Gasteiger partial charge in [-0.3, -0.25) is 4.79 Å². The lowest BCUT2D eigenvalue weighted by atomic mass is 10.1. The number of anilines is 1. The van der Waals surface area contributed by atoms with Crippen LogP contribution in [0, 0.1) is 0 Å². The van der Waals surface area contributed by atoms with Gasteiger partial charge in [-0.15, -0.1) is 0 Å². The Labute approximate surface area is 116 Å². The van der Waals surface area contributed by atoms with Crippen LogP contribution in [-0.2, 0) is 13.0 Å². The summed E-state index contributed by atoms with van der Waals surface area (Å²) < 4.78 is 10.6. The molecule has 0 aliphatic rings. The third-order valence-electron chi connectivity index (χ3n) is 2.86. The lowest BCUT2D eigenvalue weighted by Crippen LogP contribution is -2.24. The highest BCUT2D eigenvalue weighted by molar-refractivity contribution is 6.01. The molecule has 1 heterocycles. The summed E-state index contributed by atoms with van der Waals surface area (Å²) >= 11 is 0. The van der Waals surface area contributed by atoms with Crippen molar-refractivity contribution in [2.45, 2.75) is 19.9 Å². The summed E-state index contributed by atoms with van der Waals surface area (Å²) in [5, 5.41) is 2.71. The number of aromatic nitrogens is 1. The number of methoxy groups -OCH3 is 1. The highest BCUT2D eigenvalue weighted by Gasteiger charge is 2.16. The van der Waals surface area contributed by atoms with Gasteiger partial charge in [0.25, 0.3) is 5.91 Å². The Kier molecular flexibility index (Phi) is 4.24. The largest absolute Gasteiger partial charge is 0.496 e. The molecule has 20 heavy (non-hydrogen) atoms. The fourth-order valence-corrected chi connectivity index (χ4v) is 1.80. The zero-order valence-electron chi connectivity index (χ0n) is 11.5. The fraction of sp³-hybridized carbons (Fsp3) is 0.286. The predicted octanol–water partition coefficient (Wildman–Crippen LogP) is 1.76. The summed E-state index contributed by atoms with van der Waals surface area (Å²) in [5.41, 5.74) is 6.49. The van der Waals surface area contributed by atoms with Crippen LogP contribution in [0.4, 0.5) is 5.69 Å². The number of amides is 1. The van der Waals surface area contributed by atoms with Crippen molar-refractivity contribution in [3.63, 3.8) is 0 Å². The van der Waals surface area contributed by atoms with Crippen LogP contribution in [0.5, 0.6) is 5.75 Å². The highest BCUT2D eigenvalue weighted by atomic mass is 16.5. The van der Waals surface area contributed by atoms with E-state index in [1.165, 1.54) is 7.11 Å². The van der Waals surface area contributed by atoms with Gasteiger partial charge in [0.2, 0.25) is 5.89 Å². The molecule has 1 aromatic heterocycles. The number of aryl methyl sites for hydroxylation is 1. The summed E-state index contributed by atoms with van der Waals surface area (Å²) in [6.07, 6.45) is 2.42. The van der Waals surface area contributed by atoms with Gasteiger partial charge in [-0.05, 0) is 12.1 Å². The molecule has 0 bridgehead atoms. The molecule has 0 unspecified atom stereocenters. The maximum atomic E-state index is 12.2. The Hall–Kier alpha value is -2.50. The van der Waals surface area contributed by atoms with Gasteiger partial charge in [0.15, 0.2) is 0 Å². The second kappa shape index (κ2) is 6.10. The fourth-order valence-electron chi connectivity index (χ4n) is 1.80. The van der Waals surface area contributed by atoms with E-state index in [2.05, 4.69) is 10.3 Å². The highest BCUT2D eigenvalue weighted by Crippen LogP contribution is 2.23. The summed E-state index contributed by atoms with van der Waals surface area (Å²) in [6, 6.07) is 5.07. The van der Waals surface area contributed by atoms with Gasteiger partial charge in [-0.25, -0.2) is 4.98 Å². The van der Waals surface area contributed by atoms with Crippen LogP contribution >= 0.6 is 0 Å². The number of carbonyl (C=O) groups excluding carboxylic acids is 1. The van der Waals surface area contributed by atoms with E-state index in [0.717, 1.165) is 12.2 Å². The van der Waals surface area contributed by atoms with Crippen LogP contribution < -0.4 is 15.8 Å². The summed E-state index contributed by atoms with van der Waals surface area (Å²) in [7, 11) is 1.49. The van der Waals surface area contributed by atoms with Crippen molar-refractivity contribution >= 4 is 11.6 Å². The molecule has 0 spiro atoms. The Morgan fingerprint density at radius 1 is 1.50 bits per heavy atom. The van der Waals surface area contributed by atoms with Gasteiger partial charge in [-0.1, -0.05) is 13.0 Å². The minimum atomic E-state index is -0.323. The quantitative estimate of drug-likeness (QED) is 0.811. The molecule has 6 heteroatoms. The number of hydrogen-bond donors (Lipinski definition) is 2. The van der Waals surface area contributed by atoms with Gasteiger partial charge in [0.05, 0.1) is 19.9 Å². The molecular weight excluding hydrogens is 258 g/mol. The number of ether oxygens (including phenoxy) is 1. The first-order valence-corrected chi connectivity index (χ1v) is 6.30. The molecule has 0 aliphatic heterocycles. The van der Waals surface area contributed by atoms with Crippen molar-refractivity contribution in [2.24, 2.45) is 0 Å². The van der Waals surface area contributed by atoms with Crippen LogP contribution in [0.2, 0.25) is 0 Å². The van der Waals surface area contributed by atoms with E-state index in [1.54, 1.807) is 24.4 Å². The molecule has 0 saturated carbocycles. The van der Waals surface area contributed by atoms with Crippen LogP contribution in [-0.4, -0.2) is 18.0 Å². The number of oxazole rings is 1. The molecule has 1 aromatic carbocycles. The molecule has 0 radical (unpaired) electrons. The maximum Gasteiger partial charge on any atom is 0.257 e. The van der Waals surface area contributed by atoms with Crippen LogP contribution in [0.15, 0.2) is 28.8 Å². The SMILES string of the molecule is CCc1cnc(CNC(=O)c2c(N)cccc2OC)o1. The third-order valence-corrected chi connectivity index (χ3v) is 2.86. The van der Waals surface area contributed by atoms with E-state index in [0.29, 0.717) is 22.9 Å². The van der Waals surface area contributed by atoms with Gasteiger partial charge in [0, 0.05) is 12.1 Å². The number of benzene rings is 1. The molecule has 2 rings (SSSR count). The van der Waals surface area contributed by atoms with Crippen LogP contribution in [0.25, 0.3) is 0 Å². The van der Waals surface area contributed by atoms with E-state index < -0.39 is 0 Å². The molecule has 106 valence electrons. The molecule has 0 saturated heterocycles. The average Bonchev–Trinajstić information content (AvgIpc) is 2.92. The molecule has 0 aliphatic carbocycles. The maximum absolute atomic E-state index is 12.2. The lowest BCUT2D eigenvalue weighted by molar-refractivity contribution is 0.0945. The molecule has 0 atom stereocenters. The van der Waals surface area contributed by atoms with Gasteiger partial charge in [0.1, 0.15) is 17.1 Å². The molecule has 1 amide bonds. The number of nitrogens with two attached hydrogens (primary N) is 1. The van der Waals surface area contributed by atoms with Crippen molar-refractivity contribution in [3.8, 4) is 5.75 Å². The number of nitrogen functional groups attached to an aromatic ring is 1. The van der Waals surface area contributed by atoms with Crippen molar-refractivity contribution in [3.05, 3.63) is 41.6 Å². The molecule has 0 fully saturated rings. The van der Waals surface area contributed by atoms with E-state index in [9.17, 15) is 4.79 Å². The number of nitrogens with zero attached hydrogens (tertiary/aromatic N) is 1. The number of nitrogens with one attached hydrogen (secondary N) is 1. The smallest absolute Gasteiger partial charge is 0.257 e. The van der Waals surface area contributed by atoms with E-state index in [4.69, 9.17) is 14.9 Å². The number of carbonyl (C=O) groups is 1. The number of rotatable bonds is 5. The molecule has 2 aromatic rings. The van der Waals surface area contributed by atoms with E-state index in [1.807, 2.05) is 6.92 Å². The van der Waals surface area contributed by atoms with Crippen molar-refractivity contribution in [1.29, 1.82) is 0 Å². The Bertz CT molecular complexity index is 607. The Morgan fingerprint density at radius 2 is 2.30 bits per heavy atom. The summed E-state index contributed by atoms with van der Waals surface area (Å²) in [5.74, 6) is 1.36. The standard InChI is InChI=1S/C14H17N3O3/c1-3-9-7-16-12(20-9)8-17-14(18)13-10(15)5-4-6-11(13)19-2/h4-7H,3,8,15H2,1-2H3,(H,17,18). The van der Waals surface area contributed by atoms with Gasteiger partial charge in [-0.2, -0.15) is 0 Å². The van der Waals surface area contributed by atoms with Crippen molar-refractivity contribution < 1.29 is 13.9 Å². The first-order valence-electron chi connectivity index (χ1n) is 6.30. The Balaban J connectivity index is 2.08. The van der Waals surface area contributed by atoms with Crippen molar-refractivity contribution in [1.82, 2.24) is 10.3 Å². The van der Waals surface area contributed by atoms with Gasteiger partial charge >= 0.3 is 0 Å². The van der Waals surface area contributed by atoms with Crippen LogP contribution in [0.1, 0.15) is 28.9 Å². The Morgan fingerprint density at radius 3 is 2.95 bits per heavy atom. The number of hydrogen-bond acceptors (Lipinski definition) is 5. The van der Waals surface area contributed by atoms with E-state index in [-0.39, 0.29) is 12.5 Å². The molecular formula is C14H17N3O3. The first-order chi connectivity index (χ1) is 9.65.